The highest BCUT2D eigenvalue weighted by molar-refractivity contribution is 6.31. The first-order chi connectivity index (χ1) is 13.1. The summed E-state index contributed by atoms with van der Waals surface area (Å²) in [5.74, 6) is 2.02. The van der Waals surface area contributed by atoms with Crippen molar-refractivity contribution in [2.45, 2.75) is 12.5 Å². The number of nitrogens with zero attached hydrogens (tertiary/aromatic N) is 2. The maximum Gasteiger partial charge on any atom is 0.307 e. The number of hydrogen-bond acceptors (Lipinski definition) is 6. The van der Waals surface area contributed by atoms with Gasteiger partial charge in [-0.05, 0) is 30.3 Å². The van der Waals surface area contributed by atoms with Gasteiger partial charge in [-0.1, -0.05) is 23.7 Å². The Bertz CT molecular complexity index is 900. The second kappa shape index (κ2) is 7.58. The lowest BCUT2D eigenvalue weighted by molar-refractivity contribution is -0.141. The number of para-hydroxylation sites is 1. The molecule has 0 amide bonds. The van der Waals surface area contributed by atoms with E-state index >= 15 is 0 Å². The fraction of sp³-hybridized carbons (Fsp3) is 0.300. The van der Waals surface area contributed by atoms with Crippen molar-refractivity contribution in [3.05, 3.63) is 53.1 Å². The molecule has 0 spiro atoms. The van der Waals surface area contributed by atoms with Gasteiger partial charge in [0.05, 0.1) is 19.1 Å². The molecular formula is C20H20ClN3O3. The zero-order chi connectivity index (χ0) is 18.8. The average Bonchev–Trinajstić information content (AvgIpc) is 2.84. The highest BCUT2D eigenvalue weighted by Gasteiger charge is 2.28. The molecule has 0 unspecified atom stereocenters. The molecule has 0 radical (unpaired) electrons. The molecule has 2 aliphatic heterocycles. The monoisotopic (exact) mass is 385 g/mol. The quantitative estimate of drug-likeness (QED) is 0.803. The number of ether oxygens (including phenoxy) is 2. The van der Waals surface area contributed by atoms with Crippen molar-refractivity contribution < 1.29 is 14.3 Å². The van der Waals surface area contributed by atoms with Gasteiger partial charge in [0.25, 0.3) is 0 Å². The van der Waals surface area contributed by atoms with Gasteiger partial charge in [0.1, 0.15) is 17.3 Å². The van der Waals surface area contributed by atoms with E-state index < -0.39 is 0 Å². The van der Waals surface area contributed by atoms with Crippen LogP contribution in [0.5, 0.6) is 11.5 Å². The third-order valence-electron chi connectivity index (χ3n) is 4.69. The van der Waals surface area contributed by atoms with E-state index in [9.17, 15) is 4.79 Å². The van der Waals surface area contributed by atoms with Gasteiger partial charge in [-0.2, -0.15) is 0 Å². The first-order valence-corrected chi connectivity index (χ1v) is 9.22. The van der Waals surface area contributed by atoms with Crippen LogP contribution < -0.4 is 10.1 Å². The third kappa shape index (κ3) is 3.77. The molecule has 7 heteroatoms. The Morgan fingerprint density at radius 1 is 1.33 bits per heavy atom. The molecule has 27 heavy (non-hydrogen) atoms. The number of rotatable bonds is 2. The van der Waals surface area contributed by atoms with Crippen LogP contribution in [-0.2, 0) is 9.53 Å². The minimum Gasteiger partial charge on any atom is -0.469 e. The van der Waals surface area contributed by atoms with E-state index in [1.165, 1.54) is 7.11 Å². The summed E-state index contributed by atoms with van der Waals surface area (Å²) in [6.45, 7) is 2.19. The molecule has 2 aliphatic rings. The largest absolute Gasteiger partial charge is 0.469 e. The minimum atomic E-state index is -0.224. The van der Waals surface area contributed by atoms with E-state index in [4.69, 9.17) is 26.1 Å². The molecule has 2 aromatic rings. The summed E-state index contributed by atoms with van der Waals surface area (Å²) in [5.41, 5.74) is 1.61. The molecule has 1 fully saturated rings. The predicted octanol–water partition coefficient (Wildman–Crippen LogP) is 3.36. The molecule has 0 bridgehead atoms. The van der Waals surface area contributed by atoms with Crippen LogP contribution in [0.15, 0.2) is 47.5 Å². The van der Waals surface area contributed by atoms with Gasteiger partial charge in [-0.25, -0.2) is 4.99 Å². The van der Waals surface area contributed by atoms with E-state index in [0.29, 0.717) is 29.4 Å². The highest BCUT2D eigenvalue weighted by atomic mass is 35.5. The molecule has 2 aromatic carbocycles. The van der Waals surface area contributed by atoms with Crippen LogP contribution in [0.1, 0.15) is 12.0 Å². The summed E-state index contributed by atoms with van der Waals surface area (Å²) in [6, 6.07) is 13.3. The summed E-state index contributed by atoms with van der Waals surface area (Å²) >= 11 is 6.17. The Labute approximate surface area is 162 Å². The van der Waals surface area contributed by atoms with Crippen molar-refractivity contribution in [3.8, 4) is 11.5 Å². The number of carbonyl (C=O) groups excluding carboxylic acids is 1. The number of methoxy groups -OCH3 is 1. The number of fused-ring (bicyclic) bond motifs is 2. The van der Waals surface area contributed by atoms with Crippen LogP contribution in [0.3, 0.4) is 0 Å². The number of halogens is 1. The number of piperazine rings is 1. The Kier molecular flexibility index (Phi) is 5.01. The van der Waals surface area contributed by atoms with Gasteiger partial charge in [-0.15, -0.1) is 0 Å². The molecule has 6 nitrogen and oxygen atoms in total. The van der Waals surface area contributed by atoms with E-state index in [0.717, 1.165) is 30.2 Å². The van der Waals surface area contributed by atoms with Crippen molar-refractivity contribution in [2.24, 2.45) is 4.99 Å². The summed E-state index contributed by atoms with van der Waals surface area (Å²) in [6.07, 6.45) is 0.320. The number of amidine groups is 1. The van der Waals surface area contributed by atoms with E-state index in [-0.39, 0.29) is 12.0 Å². The number of benzene rings is 2. The number of esters is 1. The van der Waals surface area contributed by atoms with Gasteiger partial charge in [-0.3, -0.25) is 4.79 Å². The van der Waals surface area contributed by atoms with Crippen LogP contribution in [0.25, 0.3) is 0 Å². The van der Waals surface area contributed by atoms with Gasteiger partial charge < -0.3 is 19.7 Å². The molecule has 0 aliphatic carbocycles. The maximum atomic E-state index is 11.7. The topological polar surface area (TPSA) is 63.2 Å². The van der Waals surface area contributed by atoms with Gasteiger partial charge in [0.15, 0.2) is 5.75 Å². The van der Waals surface area contributed by atoms with Crippen molar-refractivity contribution in [3.63, 3.8) is 0 Å². The first kappa shape index (κ1) is 17.8. The van der Waals surface area contributed by atoms with Crippen molar-refractivity contribution in [2.75, 3.05) is 26.7 Å². The lowest BCUT2D eigenvalue weighted by atomic mass is 10.1. The standard InChI is InChI=1S/C20H20ClN3O3/c1-26-19(25)11-14-12-24(9-8-22-14)20-15-4-2-3-5-17(15)27-18-7-6-13(21)10-16(18)23-20/h2-7,10,14,22H,8-9,11-12H2,1H3/t14-/m0/s1. The Morgan fingerprint density at radius 2 is 2.19 bits per heavy atom. The predicted molar refractivity (Wildman–Crippen MR) is 104 cm³/mol. The maximum absolute atomic E-state index is 11.7. The Balaban J connectivity index is 1.72. The van der Waals surface area contributed by atoms with Crippen LogP contribution in [0.4, 0.5) is 5.69 Å². The number of hydrogen-bond donors (Lipinski definition) is 1. The van der Waals surface area contributed by atoms with E-state index in [2.05, 4.69) is 10.2 Å². The van der Waals surface area contributed by atoms with Crippen molar-refractivity contribution >= 4 is 29.1 Å². The third-order valence-corrected chi connectivity index (χ3v) is 4.93. The van der Waals surface area contributed by atoms with E-state index in [1.807, 2.05) is 30.3 Å². The summed E-state index contributed by atoms with van der Waals surface area (Å²) in [7, 11) is 1.41. The van der Waals surface area contributed by atoms with Crippen molar-refractivity contribution in [1.29, 1.82) is 0 Å². The molecule has 0 aromatic heterocycles. The fourth-order valence-corrected chi connectivity index (χ4v) is 3.54. The summed E-state index contributed by atoms with van der Waals surface area (Å²) in [5, 5.41) is 3.98. The van der Waals surface area contributed by atoms with Gasteiger partial charge in [0, 0.05) is 30.7 Å². The summed E-state index contributed by atoms with van der Waals surface area (Å²) in [4.78, 5) is 18.7. The number of aliphatic imine (C=N–C) groups is 1. The fourth-order valence-electron chi connectivity index (χ4n) is 3.38. The summed E-state index contributed by atoms with van der Waals surface area (Å²) < 4.78 is 10.9. The number of carbonyl (C=O) groups is 1. The smallest absolute Gasteiger partial charge is 0.307 e. The molecular weight excluding hydrogens is 366 g/mol. The number of nitrogens with one attached hydrogen (secondary N) is 1. The lowest BCUT2D eigenvalue weighted by Crippen LogP contribution is -2.53. The molecule has 4 rings (SSSR count). The molecule has 0 saturated carbocycles. The zero-order valence-electron chi connectivity index (χ0n) is 14.9. The molecule has 1 atom stereocenters. The van der Waals surface area contributed by atoms with Crippen LogP contribution in [-0.4, -0.2) is 49.5 Å². The van der Waals surface area contributed by atoms with Gasteiger partial charge in [0.2, 0.25) is 0 Å². The minimum absolute atomic E-state index is 0.00376. The second-order valence-corrected chi connectivity index (χ2v) is 6.96. The molecule has 1 N–H and O–H groups in total. The normalized spacial score (nSPS) is 18.5. The SMILES string of the molecule is COC(=O)C[C@H]1CN(C2=Nc3cc(Cl)ccc3Oc3ccccc32)CCN1. The first-order valence-electron chi connectivity index (χ1n) is 8.84. The van der Waals surface area contributed by atoms with Gasteiger partial charge >= 0.3 is 5.97 Å². The zero-order valence-corrected chi connectivity index (χ0v) is 15.7. The van der Waals surface area contributed by atoms with Crippen LogP contribution in [0, 0.1) is 0 Å². The van der Waals surface area contributed by atoms with Crippen molar-refractivity contribution in [1.82, 2.24) is 10.2 Å². The molecule has 2 heterocycles. The molecule has 140 valence electrons. The second-order valence-electron chi connectivity index (χ2n) is 6.52. The lowest BCUT2D eigenvalue weighted by Gasteiger charge is -2.35. The average molecular weight is 386 g/mol. The highest BCUT2D eigenvalue weighted by Crippen LogP contribution is 2.39. The Hall–Kier alpha value is -2.57. The van der Waals surface area contributed by atoms with Crippen LogP contribution in [0.2, 0.25) is 5.02 Å². The Morgan fingerprint density at radius 3 is 3.04 bits per heavy atom. The molecule has 1 saturated heterocycles. The van der Waals surface area contributed by atoms with E-state index in [1.54, 1.807) is 12.1 Å². The van der Waals surface area contributed by atoms with Crippen LogP contribution >= 0.6 is 11.6 Å².